The Bertz CT molecular complexity index is 607. The SMILES string of the molecule is CN1CCN(C2CCNCC2NC(=O)C2C(N)NN3CC(Cl)CNC23)CC1(C)C. The van der Waals surface area contributed by atoms with Gasteiger partial charge in [-0.1, -0.05) is 0 Å². The molecule has 0 saturated carbocycles. The average Bonchev–Trinajstić information content (AvgIpc) is 2.99. The Balaban J connectivity index is 1.42. The Morgan fingerprint density at radius 2 is 2.07 bits per heavy atom. The molecule has 4 heterocycles. The van der Waals surface area contributed by atoms with E-state index in [0.29, 0.717) is 19.1 Å². The molecular formula is C19H37ClN8O. The van der Waals surface area contributed by atoms with E-state index in [9.17, 15) is 4.79 Å². The second-order valence-electron chi connectivity index (χ2n) is 9.66. The molecule has 4 aliphatic rings. The van der Waals surface area contributed by atoms with E-state index in [0.717, 1.165) is 39.1 Å². The lowest BCUT2D eigenvalue weighted by atomic mass is 9.92. The number of hydrogen-bond donors (Lipinski definition) is 5. The van der Waals surface area contributed by atoms with Crippen LogP contribution in [0.2, 0.25) is 0 Å². The van der Waals surface area contributed by atoms with Gasteiger partial charge in [0.05, 0.1) is 29.7 Å². The maximum Gasteiger partial charge on any atom is 0.229 e. The summed E-state index contributed by atoms with van der Waals surface area (Å²) in [6, 6.07) is 0.433. The van der Waals surface area contributed by atoms with E-state index in [2.05, 4.69) is 52.1 Å². The average molecular weight is 429 g/mol. The summed E-state index contributed by atoms with van der Waals surface area (Å²) >= 11 is 6.25. The Morgan fingerprint density at radius 1 is 1.28 bits per heavy atom. The zero-order valence-electron chi connectivity index (χ0n) is 17.8. The normalized spacial score (nSPS) is 41.8. The van der Waals surface area contributed by atoms with Crippen molar-refractivity contribution in [2.24, 2.45) is 11.7 Å². The summed E-state index contributed by atoms with van der Waals surface area (Å²) in [6.07, 6.45) is 0.520. The number of carbonyl (C=O) groups is 1. The first-order valence-corrected chi connectivity index (χ1v) is 11.3. The quantitative estimate of drug-likeness (QED) is 0.333. The van der Waals surface area contributed by atoms with Crippen LogP contribution in [0.1, 0.15) is 20.3 Å². The molecule has 0 aromatic rings. The molecular weight excluding hydrogens is 392 g/mol. The van der Waals surface area contributed by atoms with Gasteiger partial charge >= 0.3 is 0 Å². The van der Waals surface area contributed by atoms with Crippen molar-refractivity contribution in [1.82, 2.24) is 36.2 Å². The van der Waals surface area contributed by atoms with Crippen LogP contribution in [0.4, 0.5) is 0 Å². The monoisotopic (exact) mass is 428 g/mol. The van der Waals surface area contributed by atoms with Crippen LogP contribution in [0.25, 0.3) is 0 Å². The molecule has 6 N–H and O–H groups in total. The summed E-state index contributed by atoms with van der Waals surface area (Å²) in [4.78, 5) is 18.3. The van der Waals surface area contributed by atoms with Crippen molar-refractivity contribution in [2.45, 2.75) is 55.6 Å². The van der Waals surface area contributed by atoms with Gasteiger partial charge in [0.15, 0.2) is 0 Å². The van der Waals surface area contributed by atoms with Gasteiger partial charge in [0.25, 0.3) is 0 Å². The molecule has 6 unspecified atom stereocenters. The molecule has 0 aromatic carbocycles. The summed E-state index contributed by atoms with van der Waals surface area (Å²) in [5.74, 6) is -0.323. The minimum atomic E-state index is -0.410. The molecule has 0 aliphatic carbocycles. The zero-order valence-corrected chi connectivity index (χ0v) is 18.6. The summed E-state index contributed by atoms with van der Waals surface area (Å²) < 4.78 is 0. The number of hydrazine groups is 1. The summed E-state index contributed by atoms with van der Waals surface area (Å²) in [5, 5.41) is 12.2. The number of nitrogens with zero attached hydrogens (tertiary/aromatic N) is 3. The molecule has 9 nitrogen and oxygen atoms in total. The maximum absolute atomic E-state index is 13.3. The van der Waals surface area contributed by atoms with Crippen molar-refractivity contribution >= 4 is 17.5 Å². The first-order chi connectivity index (χ1) is 13.8. The van der Waals surface area contributed by atoms with E-state index in [1.165, 1.54) is 0 Å². The predicted octanol–water partition coefficient (Wildman–Crippen LogP) is -1.88. The van der Waals surface area contributed by atoms with E-state index in [4.69, 9.17) is 17.3 Å². The Kier molecular flexibility index (Phi) is 6.40. The Morgan fingerprint density at radius 3 is 2.83 bits per heavy atom. The highest BCUT2D eigenvalue weighted by atomic mass is 35.5. The molecule has 10 heteroatoms. The molecule has 0 bridgehead atoms. The molecule has 4 aliphatic heterocycles. The highest BCUT2D eigenvalue weighted by molar-refractivity contribution is 6.21. The molecule has 4 saturated heterocycles. The van der Waals surface area contributed by atoms with Gasteiger partial charge in [0.1, 0.15) is 0 Å². The van der Waals surface area contributed by atoms with Gasteiger partial charge < -0.3 is 16.4 Å². The summed E-state index contributed by atoms with van der Waals surface area (Å²) in [7, 11) is 2.20. The van der Waals surface area contributed by atoms with Crippen LogP contribution >= 0.6 is 11.6 Å². The van der Waals surface area contributed by atoms with Crippen molar-refractivity contribution in [3.05, 3.63) is 0 Å². The first kappa shape index (κ1) is 21.7. The number of hydrogen-bond acceptors (Lipinski definition) is 8. The molecule has 6 atom stereocenters. The van der Waals surface area contributed by atoms with Crippen LogP contribution < -0.4 is 27.1 Å². The second-order valence-corrected chi connectivity index (χ2v) is 10.3. The predicted molar refractivity (Wildman–Crippen MR) is 114 cm³/mol. The molecule has 0 aromatic heterocycles. The third kappa shape index (κ3) is 4.43. The number of halogens is 1. The van der Waals surface area contributed by atoms with Gasteiger partial charge in [-0.15, -0.1) is 11.6 Å². The van der Waals surface area contributed by atoms with Gasteiger partial charge in [-0.25, -0.2) is 10.4 Å². The standard InChI is InChI=1S/C19H37ClN8O/c1-19(2)11-27(7-6-26(19)3)14-4-5-22-9-13(14)24-18(29)15-16(21)25-28-10-12(20)8-23-17(15)28/h12-17,22-23,25H,4-11,21H2,1-3H3,(H,24,29). The van der Waals surface area contributed by atoms with E-state index in [1.54, 1.807) is 0 Å². The van der Waals surface area contributed by atoms with Gasteiger partial charge in [0.2, 0.25) is 5.91 Å². The highest BCUT2D eigenvalue weighted by Gasteiger charge is 2.47. The number of carbonyl (C=O) groups excluding carboxylic acids is 1. The van der Waals surface area contributed by atoms with Crippen LogP contribution in [0, 0.1) is 5.92 Å². The molecule has 29 heavy (non-hydrogen) atoms. The van der Waals surface area contributed by atoms with E-state index in [-0.39, 0.29) is 34.9 Å². The first-order valence-electron chi connectivity index (χ1n) is 10.9. The molecule has 4 fully saturated rings. The smallest absolute Gasteiger partial charge is 0.229 e. The third-order valence-corrected chi connectivity index (χ3v) is 7.50. The van der Waals surface area contributed by atoms with Gasteiger partial charge in [-0.2, -0.15) is 0 Å². The fraction of sp³-hybridized carbons (Fsp3) is 0.947. The number of amides is 1. The molecule has 4 rings (SSSR count). The number of fused-ring (bicyclic) bond motifs is 1. The van der Waals surface area contributed by atoms with Crippen molar-refractivity contribution in [2.75, 3.05) is 52.9 Å². The van der Waals surface area contributed by atoms with Gasteiger partial charge in [-0.05, 0) is 33.9 Å². The fourth-order valence-electron chi connectivity index (χ4n) is 5.25. The molecule has 0 spiro atoms. The minimum absolute atomic E-state index is 0.0141. The number of piperazine rings is 1. The second kappa shape index (κ2) is 8.55. The van der Waals surface area contributed by atoms with E-state index in [1.807, 2.05) is 5.01 Å². The van der Waals surface area contributed by atoms with Crippen LogP contribution in [0.3, 0.4) is 0 Å². The highest BCUT2D eigenvalue weighted by Crippen LogP contribution is 2.26. The zero-order chi connectivity index (χ0) is 20.8. The lowest BCUT2D eigenvalue weighted by molar-refractivity contribution is -0.128. The minimum Gasteiger partial charge on any atom is -0.350 e. The van der Waals surface area contributed by atoms with Gasteiger partial charge in [0, 0.05) is 50.8 Å². The lowest BCUT2D eigenvalue weighted by Gasteiger charge is -2.50. The van der Waals surface area contributed by atoms with E-state index >= 15 is 0 Å². The van der Waals surface area contributed by atoms with Crippen LogP contribution in [-0.2, 0) is 4.79 Å². The summed E-state index contributed by atoms with van der Waals surface area (Å²) in [5.41, 5.74) is 9.65. The van der Waals surface area contributed by atoms with Crippen molar-refractivity contribution in [3.8, 4) is 0 Å². The Labute approximate surface area is 179 Å². The number of likely N-dealkylation sites (N-methyl/N-ethyl adjacent to an activating group) is 1. The van der Waals surface area contributed by atoms with Crippen molar-refractivity contribution in [3.63, 3.8) is 0 Å². The van der Waals surface area contributed by atoms with Crippen molar-refractivity contribution in [1.29, 1.82) is 0 Å². The number of nitrogens with one attached hydrogen (secondary N) is 4. The third-order valence-electron chi connectivity index (χ3n) is 7.21. The number of rotatable bonds is 3. The van der Waals surface area contributed by atoms with Gasteiger partial charge in [-0.3, -0.25) is 19.9 Å². The van der Waals surface area contributed by atoms with E-state index < -0.39 is 6.17 Å². The topological polar surface area (TPSA) is 101 Å². The molecule has 1 amide bonds. The van der Waals surface area contributed by atoms with Crippen LogP contribution in [0.15, 0.2) is 0 Å². The number of piperidine rings is 1. The van der Waals surface area contributed by atoms with Crippen molar-refractivity contribution < 1.29 is 4.79 Å². The fourth-order valence-corrected chi connectivity index (χ4v) is 5.49. The maximum atomic E-state index is 13.3. The molecule has 166 valence electrons. The van der Waals surface area contributed by atoms with Crippen LogP contribution in [0.5, 0.6) is 0 Å². The molecule has 0 radical (unpaired) electrons. The van der Waals surface area contributed by atoms with Crippen LogP contribution in [-0.4, -0.2) is 109 Å². The largest absolute Gasteiger partial charge is 0.350 e. The Hall–Kier alpha value is -0.520. The number of nitrogens with two attached hydrogens (primary N) is 1. The lowest BCUT2D eigenvalue weighted by Crippen LogP contribution is -2.67. The number of alkyl halides is 1. The summed E-state index contributed by atoms with van der Waals surface area (Å²) in [6.45, 7) is 10.8.